The van der Waals surface area contributed by atoms with Gasteiger partial charge in [0, 0.05) is 13.6 Å². The van der Waals surface area contributed by atoms with E-state index in [1.165, 1.54) is 0 Å². The molecule has 0 heterocycles. The lowest BCUT2D eigenvalue weighted by Gasteiger charge is -2.21. The quantitative estimate of drug-likeness (QED) is 0.381. The van der Waals surface area contributed by atoms with Gasteiger partial charge < -0.3 is 4.74 Å². The van der Waals surface area contributed by atoms with Crippen LogP contribution in [0.25, 0.3) is 0 Å². The van der Waals surface area contributed by atoms with Gasteiger partial charge in [0.2, 0.25) is 0 Å². The molecule has 5 heteroatoms. The minimum atomic E-state index is -0.123. The van der Waals surface area contributed by atoms with Gasteiger partial charge in [-0.15, -0.1) is 0 Å². The van der Waals surface area contributed by atoms with Gasteiger partial charge in [0.1, 0.15) is 5.75 Å². The standard InChI is InChI=1S/C16H18BrIN2O/c1-2-9-21-15-6-4-3-5-12(15)16(20-19)13-10-11(18)7-8-14(13)17/h3-8,10,16,20H,2,9,19H2,1H3. The van der Waals surface area contributed by atoms with Crippen molar-refractivity contribution >= 4 is 38.5 Å². The van der Waals surface area contributed by atoms with Gasteiger partial charge in [0.05, 0.1) is 12.6 Å². The minimum absolute atomic E-state index is 0.123. The highest BCUT2D eigenvalue weighted by Gasteiger charge is 2.19. The second-order valence-electron chi connectivity index (χ2n) is 4.65. The molecule has 0 fully saturated rings. The van der Waals surface area contributed by atoms with Gasteiger partial charge in [-0.25, -0.2) is 5.43 Å². The summed E-state index contributed by atoms with van der Waals surface area (Å²) in [6.07, 6.45) is 0.974. The number of benzene rings is 2. The van der Waals surface area contributed by atoms with Crippen LogP contribution < -0.4 is 16.0 Å². The van der Waals surface area contributed by atoms with Crippen LogP contribution in [0.4, 0.5) is 0 Å². The summed E-state index contributed by atoms with van der Waals surface area (Å²) in [6.45, 7) is 2.79. The third-order valence-corrected chi connectivity index (χ3v) is 4.52. The van der Waals surface area contributed by atoms with Gasteiger partial charge in [-0.2, -0.15) is 0 Å². The van der Waals surface area contributed by atoms with Gasteiger partial charge in [-0.05, 0) is 58.8 Å². The number of nitrogens with two attached hydrogens (primary N) is 1. The Balaban J connectivity index is 2.44. The second-order valence-corrected chi connectivity index (χ2v) is 6.75. The van der Waals surface area contributed by atoms with Crippen molar-refractivity contribution in [3.8, 4) is 5.75 Å². The molecule has 3 nitrogen and oxygen atoms in total. The van der Waals surface area contributed by atoms with Crippen molar-refractivity contribution in [1.82, 2.24) is 5.43 Å². The first-order valence-electron chi connectivity index (χ1n) is 6.80. The molecule has 1 atom stereocenters. The summed E-state index contributed by atoms with van der Waals surface area (Å²) >= 11 is 5.91. The highest BCUT2D eigenvalue weighted by molar-refractivity contribution is 14.1. The van der Waals surface area contributed by atoms with Crippen molar-refractivity contribution in [3.05, 3.63) is 61.6 Å². The fraction of sp³-hybridized carbons (Fsp3) is 0.250. The Morgan fingerprint density at radius 1 is 1.24 bits per heavy atom. The van der Waals surface area contributed by atoms with E-state index >= 15 is 0 Å². The monoisotopic (exact) mass is 460 g/mol. The Bertz CT molecular complexity index is 607. The molecule has 0 saturated heterocycles. The van der Waals surface area contributed by atoms with Crippen LogP contribution in [0.3, 0.4) is 0 Å². The zero-order chi connectivity index (χ0) is 15.2. The van der Waals surface area contributed by atoms with Crippen molar-refractivity contribution in [2.75, 3.05) is 6.61 Å². The van der Waals surface area contributed by atoms with Crippen LogP contribution in [0.15, 0.2) is 46.9 Å². The van der Waals surface area contributed by atoms with E-state index in [0.29, 0.717) is 6.61 Å². The molecular formula is C16H18BrIN2O. The van der Waals surface area contributed by atoms with E-state index in [0.717, 1.165) is 31.3 Å². The van der Waals surface area contributed by atoms with Gasteiger partial charge >= 0.3 is 0 Å². The Kier molecular flexibility index (Phi) is 6.47. The first-order chi connectivity index (χ1) is 10.2. The maximum atomic E-state index is 5.85. The maximum absolute atomic E-state index is 5.85. The van der Waals surface area contributed by atoms with E-state index in [1.807, 2.05) is 30.3 Å². The predicted octanol–water partition coefficient (Wildman–Crippen LogP) is 4.40. The van der Waals surface area contributed by atoms with E-state index in [4.69, 9.17) is 10.6 Å². The molecule has 3 N–H and O–H groups in total. The normalized spacial score (nSPS) is 12.2. The van der Waals surface area contributed by atoms with Crippen LogP contribution in [0, 0.1) is 3.57 Å². The second kappa shape index (κ2) is 8.12. The summed E-state index contributed by atoms with van der Waals surface area (Å²) < 4.78 is 8.04. The van der Waals surface area contributed by atoms with Gasteiger partial charge in [0.25, 0.3) is 0 Å². The molecule has 0 aromatic heterocycles. The van der Waals surface area contributed by atoms with Crippen LogP contribution in [-0.2, 0) is 0 Å². The number of rotatable bonds is 6. The van der Waals surface area contributed by atoms with E-state index in [1.54, 1.807) is 0 Å². The van der Waals surface area contributed by atoms with E-state index < -0.39 is 0 Å². The Morgan fingerprint density at radius 3 is 2.71 bits per heavy atom. The van der Waals surface area contributed by atoms with Crippen molar-refractivity contribution in [1.29, 1.82) is 0 Å². The average Bonchev–Trinajstić information content (AvgIpc) is 2.50. The molecule has 0 aliphatic carbocycles. The molecule has 0 radical (unpaired) electrons. The number of hydrogen-bond donors (Lipinski definition) is 2. The zero-order valence-electron chi connectivity index (χ0n) is 11.8. The molecular weight excluding hydrogens is 443 g/mol. The largest absolute Gasteiger partial charge is 0.493 e. The smallest absolute Gasteiger partial charge is 0.124 e. The van der Waals surface area contributed by atoms with Crippen LogP contribution in [0.1, 0.15) is 30.5 Å². The molecule has 2 aromatic rings. The lowest BCUT2D eigenvalue weighted by Crippen LogP contribution is -2.29. The van der Waals surface area contributed by atoms with E-state index in [-0.39, 0.29) is 6.04 Å². The molecule has 0 spiro atoms. The topological polar surface area (TPSA) is 47.3 Å². The minimum Gasteiger partial charge on any atom is -0.493 e. The van der Waals surface area contributed by atoms with Gasteiger partial charge in [-0.1, -0.05) is 41.1 Å². The third kappa shape index (κ3) is 4.18. The molecule has 0 aliphatic heterocycles. The molecule has 2 aromatic carbocycles. The lowest BCUT2D eigenvalue weighted by molar-refractivity contribution is 0.311. The van der Waals surface area contributed by atoms with Crippen LogP contribution >= 0.6 is 38.5 Å². The fourth-order valence-corrected chi connectivity index (χ4v) is 3.14. The zero-order valence-corrected chi connectivity index (χ0v) is 15.5. The number of hydrazine groups is 1. The highest BCUT2D eigenvalue weighted by Crippen LogP contribution is 2.34. The lowest BCUT2D eigenvalue weighted by atomic mass is 9.98. The molecule has 112 valence electrons. The summed E-state index contributed by atoms with van der Waals surface area (Å²) in [5.74, 6) is 6.69. The molecule has 0 amide bonds. The van der Waals surface area contributed by atoms with Crippen LogP contribution in [0.2, 0.25) is 0 Å². The van der Waals surface area contributed by atoms with Crippen molar-refractivity contribution in [2.24, 2.45) is 5.84 Å². The van der Waals surface area contributed by atoms with Gasteiger partial charge in [-0.3, -0.25) is 5.84 Å². The molecule has 1 unspecified atom stereocenters. The number of para-hydroxylation sites is 1. The van der Waals surface area contributed by atoms with Crippen molar-refractivity contribution < 1.29 is 4.74 Å². The summed E-state index contributed by atoms with van der Waals surface area (Å²) in [7, 11) is 0. The van der Waals surface area contributed by atoms with Gasteiger partial charge in [0.15, 0.2) is 0 Å². The average molecular weight is 461 g/mol. The molecule has 0 aliphatic rings. The molecule has 21 heavy (non-hydrogen) atoms. The number of ether oxygens (including phenoxy) is 1. The summed E-state index contributed by atoms with van der Waals surface area (Å²) in [5.41, 5.74) is 5.04. The number of halogens is 2. The summed E-state index contributed by atoms with van der Waals surface area (Å²) in [6, 6.07) is 14.1. The summed E-state index contributed by atoms with van der Waals surface area (Å²) in [5, 5.41) is 0. The fourth-order valence-electron chi connectivity index (χ4n) is 2.15. The third-order valence-electron chi connectivity index (χ3n) is 3.13. The Morgan fingerprint density at radius 2 is 2.00 bits per heavy atom. The number of hydrogen-bond acceptors (Lipinski definition) is 3. The molecule has 0 saturated carbocycles. The highest BCUT2D eigenvalue weighted by atomic mass is 127. The van der Waals surface area contributed by atoms with Crippen LogP contribution in [0.5, 0.6) is 5.75 Å². The van der Waals surface area contributed by atoms with Crippen LogP contribution in [-0.4, -0.2) is 6.61 Å². The van der Waals surface area contributed by atoms with Crippen molar-refractivity contribution in [3.63, 3.8) is 0 Å². The Hall–Kier alpha value is -0.630. The van der Waals surface area contributed by atoms with E-state index in [9.17, 15) is 0 Å². The SMILES string of the molecule is CCCOc1ccccc1C(NN)c1cc(I)ccc1Br. The first-order valence-corrected chi connectivity index (χ1v) is 8.67. The van der Waals surface area contributed by atoms with Crippen molar-refractivity contribution in [2.45, 2.75) is 19.4 Å². The predicted molar refractivity (Wildman–Crippen MR) is 98.3 cm³/mol. The molecule has 0 bridgehead atoms. The molecule has 2 rings (SSSR count). The Labute approximate surface area is 147 Å². The first kappa shape index (κ1) is 16.7. The maximum Gasteiger partial charge on any atom is 0.124 e. The summed E-state index contributed by atoms with van der Waals surface area (Å²) in [4.78, 5) is 0. The number of nitrogens with one attached hydrogen (secondary N) is 1. The van der Waals surface area contributed by atoms with E-state index in [2.05, 4.69) is 63.0 Å².